The number of aryl methyl sites for hydroxylation is 1. The molecule has 1 fully saturated rings. The molecule has 1 aliphatic rings. The molecule has 2 rings (SSSR count). The van der Waals surface area contributed by atoms with Gasteiger partial charge in [0.05, 0.1) is 12.6 Å². The van der Waals surface area contributed by atoms with Crippen molar-refractivity contribution in [3.8, 4) is 6.07 Å². The van der Waals surface area contributed by atoms with Gasteiger partial charge >= 0.3 is 0 Å². The van der Waals surface area contributed by atoms with Gasteiger partial charge in [0, 0.05) is 29.8 Å². The van der Waals surface area contributed by atoms with Crippen LogP contribution < -0.4 is 10.2 Å². The molecule has 1 aliphatic heterocycles. The fourth-order valence-corrected chi connectivity index (χ4v) is 2.54. The van der Waals surface area contributed by atoms with Crippen LogP contribution in [-0.2, 0) is 0 Å². The molecule has 0 bridgehead atoms. The molecule has 4 heteroatoms. The van der Waals surface area contributed by atoms with Crippen molar-refractivity contribution < 1.29 is 0 Å². The van der Waals surface area contributed by atoms with Crippen molar-refractivity contribution in [1.29, 1.82) is 5.26 Å². The third kappa shape index (κ3) is 2.91. The van der Waals surface area contributed by atoms with Crippen molar-refractivity contribution in [3.05, 3.63) is 28.8 Å². The Morgan fingerprint density at radius 3 is 3.12 bits per heavy atom. The molecule has 0 aliphatic carbocycles. The van der Waals surface area contributed by atoms with Gasteiger partial charge in [0.1, 0.15) is 0 Å². The average Bonchev–Trinajstić information content (AvgIpc) is 2.75. The van der Waals surface area contributed by atoms with E-state index in [4.69, 9.17) is 16.9 Å². The zero-order valence-electron chi connectivity index (χ0n) is 9.91. The van der Waals surface area contributed by atoms with Gasteiger partial charge in [0.15, 0.2) is 0 Å². The van der Waals surface area contributed by atoms with Crippen molar-refractivity contribution in [1.82, 2.24) is 5.32 Å². The highest BCUT2D eigenvalue weighted by molar-refractivity contribution is 6.30. The van der Waals surface area contributed by atoms with Crippen molar-refractivity contribution in [3.63, 3.8) is 0 Å². The second-order valence-electron chi connectivity index (χ2n) is 4.40. The minimum atomic E-state index is 0.421. The highest BCUT2D eigenvalue weighted by Gasteiger charge is 2.22. The number of nitrogens with one attached hydrogen (secondary N) is 1. The van der Waals surface area contributed by atoms with E-state index in [1.807, 2.05) is 12.1 Å². The first-order chi connectivity index (χ1) is 8.20. The molecule has 1 heterocycles. The smallest absolute Gasteiger partial charge is 0.0843 e. The molecule has 0 amide bonds. The predicted octanol–water partition coefficient (Wildman–Crippen LogP) is 2.34. The van der Waals surface area contributed by atoms with Gasteiger partial charge in [-0.3, -0.25) is 5.32 Å². The molecular weight excluding hydrogens is 234 g/mol. The van der Waals surface area contributed by atoms with Gasteiger partial charge in [-0.15, -0.1) is 0 Å². The molecule has 1 aromatic rings. The molecule has 3 nitrogen and oxygen atoms in total. The van der Waals surface area contributed by atoms with E-state index in [2.05, 4.69) is 29.3 Å². The molecule has 90 valence electrons. The molecule has 1 saturated heterocycles. The number of hydrogen-bond donors (Lipinski definition) is 1. The summed E-state index contributed by atoms with van der Waals surface area (Å²) >= 11 is 5.95. The Morgan fingerprint density at radius 1 is 1.59 bits per heavy atom. The zero-order chi connectivity index (χ0) is 12.3. The number of nitriles is 1. The van der Waals surface area contributed by atoms with Crippen molar-refractivity contribution >= 4 is 17.3 Å². The van der Waals surface area contributed by atoms with Gasteiger partial charge in [-0.25, -0.2) is 0 Å². The number of hydrogen-bond acceptors (Lipinski definition) is 3. The minimum Gasteiger partial charge on any atom is -0.370 e. The van der Waals surface area contributed by atoms with Crippen LogP contribution in [0.4, 0.5) is 5.69 Å². The maximum atomic E-state index is 8.54. The van der Waals surface area contributed by atoms with Crippen LogP contribution in [0.5, 0.6) is 0 Å². The predicted molar refractivity (Wildman–Crippen MR) is 70.4 cm³/mol. The van der Waals surface area contributed by atoms with Crippen molar-refractivity contribution in [2.45, 2.75) is 19.4 Å². The number of benzene rings is 1. The van der Waals surface area contributed by atoms with Crippen molar-refractivity contribution in [2.75, 3.05) is 24.5 Å². The SMILES string of the molecule is Cc1cc(Cl)ccc1N1CCC(NCC#N)C1. The van der Waals surface area contributed by atoms with Gasteiger partial charge < -0.3 is 4.90 Å². The highest BCUT2D eigenvalue weighted by atomic mass is 35.5. The van der Waals surface area contributed by atoms with E-state index in [0.717, 1.165) is 24.5 Å². The Hall–Kier alpha value is -1.24. The van der Waals surface area contributed by atoms with E-state index in [-0.39, 0.29) is 0 Å². The van der Waals surface area contributed by atoms with Gasteiger partial charge in [0.2, 0.25) is 0 Å². The summed E-state index contributed by atoms with van der Waals surface area (Å²) in [6.07, 6.45) is 1.09. The Balaban J connectivity index is 2.03. The lowest BCUT2D eigenvalue weighted by molar-refractivity contribution is 0.591. The van der Waals surface area contributed by atoms with E-state index < -0.39 is 0 Å². The molecule has 1 unspecified atom stereocenters. The van der Waals surface area contributed by atoms with Crippen LogP contribution in [-0.4, -0.2) is 25.7 Å². The Morgan fingerprint density at radius 2 is 2.41 bits per heavy atom. The summed E-state index contributed by atoms with van der Waals surface area (Å²) in [6.45, 7) is 4.51. The topological polar surface area (TPSA) is 39.1 Å². The van der Waals surface area contributed by atoms with Crippen LogP contribution in [0.3, 0.4) is 0 Å². The standard InChI is InChI=1S/C13H16ClN3/c1-10-8-11(14)2-3-13(10)17-7-4-12(9-17)16-6-5-15/h2-3,8,12,16H,4,6-7,9H2,1H3. The summed E-state index contributed by atoms with van der Waals surface area (Å²) in [4.78, 5) is 2.35. The van der Waals surface area contributed by atoms with Crippen LogP contribution >= 0.6 is 11.6 Å². The Labute approximate surface area is 107 Å². The van der Waals surface area contributed by atoms with E-state index in [1.165, 1.54) is 11.3 Å². The first-order valence-corrected chi connectivity index (χ1v) is 6.20. The van der Waals surface area contributed by atoms with Crippen LogP contribution in [0.2, 0.25) is 5.02 Å². The number of halogens is 1. The van der Waals surface area contributed by atoms with E-state index >= 15 is 0 Å². The summed E-state index contributed by atoms with van der Waals surface area (Å²) < 4.78 is 0. The minimum absolute atomic E-state index is 0.421. The van der Waals surface area contributed by atoms with Gasteiger partial charge in [-0.1, -0.05) is 11.6 Å². The molecule has 0 radical (unpaired) electrons. The third-order valence-corrected chi connectivity index (χ3v) is 3.39. The summed E-state index contributed by atoms with van der Waals surface area (Å²) in [5.41, 5.74) is 2.45. The number of nitrogens with zero attached hydrogens (tertiary/aromatic N) is 2. The maximum Gasteiger partial charge on any atom is 0.0843 e. The summed E-state index contributed by atoms with van der Waals surface area (Å²) in [5, 5.41) is 12.6. The average molecular weight is 250 g/mol. The van der Waals surface area contributed by atoms with Gasteiger partial charge in [-0.2, -0.15) is 5.26 Å². The zero-order valence-corrected chi connectivity index (χ0v) is 10.7. The molecular formula is C13H16ClN3. The number of anilines is 1. The van der Waals surface area contributed by atoms with Crippen LogP contribution in [0, 0.1) is 18.3 Å². The lowest BCUT2D eigenvalue weighted by Gasteiger charge is -2.21. The lowest BCUT2D eigenvalue weighted by Crippen LogP contribution is -2.32. The second kappa shape index (κ2) is 5.39. The third-order valence-electron chi connectivity index (χ3n) is 3.16. The maximum absolute atomic E-state index is 8.54. The molecule has 0 spiro atoms. The van der Waals surface area contributed by atoms with Gasteiger partial charge in [-0.05, 0) is 37.1 Å². The summed E-state index contributed by atoms with van der Waals surface area (Å²) in [7, 11) is 0. The number of rotatable bonds is 3. The van der Waals surface area contributed by atoms with E-state index in [0.29, 0.717) is 12.6 Å². The molecule has 1 atom stereocenters. The molecule has 17 heavy (non-hydrogen) atoms. The molecule has 0 aromatic heterocycles. The normalized spacial score (nSPS) is 19.4. The van der Waals surface area contributed by atoms with E-state index in [9.17, 15) is 0 Å². The Kier molecular flexibility index (Phi) is 3.88. The second-order valence-corrected chi connectivity index (χ2v) is 4.84. The monoisotopic (exact) mass is 249 g/mol. The largest absolute Gasteiger partial charge is 0.370 e. The van der Waals surface area contributed by atoms with Gasteiger partial charge in [0.25, 0.3) is 0 Å². The van der Waals surface area contributed by atoms with Crippen molar-refractivity contribution in [2.24, 2.45) is 0 Å². The quantitative estimate of drug-likeness (QED) is 0.836. The fourth-order valence-electron chi connectivity index (χ4n) is 2.31. The highest BCUT2D eigenvalue weighted by Crippen LogP contribution is 2.26. The fraction of sp³-hybridized carbons (Fsp3) is 0.462. The summed E-state index contributed by atoms with van der Waals surface area (Å²) in [6, 6.07) is 8.54. The van der Waals surface area contributed by atoms with Crippen LogP contribution in [0.1, 0.15) is 12.0 Å². The summed E-state index contributed by atoms with van der Waals surface area (Å²) in [5.74, 6) is 0. The van der Waals surface area contributed by atoms with Crippen LogP contribution in [0.15, 0.2) is 18.2 Å². The molecule has 1 N–H and O–H groups in total. The molecule has 1 aromatic carbocycles. The molecule has 0 saturated carbocycles. The van der Waals surface area contributed by atoms with E-state index in [1.54, 1.807) is 0 Å². The first kappa shape index (κ1) is 12.2. The lowest BCUT2D eigenvalue weighted by atomic mass is 10.2. The first-order valence-electron chi connectivity index (χ1n) is 5.82. The Bertz CT molecular complexity index is 439. The van der Waals surface area contributed by atoms with Crippen LogP contribution in [0.25, 0.3) is 0 Å².